The minimum absolute atomic E-state index is 0.111. The molecule has 0 fully saturated rings. The van der Waals surface area contributed by atoms with Crippen molar-refractivity contribution in [3.05, 3.63) is 211 Å². The number of para-hydroxylation sites is 1. The van der Waals surface area contributed by atoms with Gasteiger partial charge in [-0.2, -0.15) is 0 Å². The molecule has 0 N–H and O–H groups in total. The van der Waals surface area contributed by atoms with Gasteiger partial charge in [0.15, 0.2) is 0 Å². The van der Waals surface area contributed by atoms with E-state index in [-0.39, 0.29) is 22.1 Å². The first-order valence-corrected chi connectivity index (χ1v) is 23.4. The number of hydrogen-bond donors (Lipinski definition) is 0. The van der Waals surface area contributed by atoms with E-state index in [0.29, 0.717) is 56.8 Å². The van der Waals surface area contributed by atoms with E-state index in [0.717, 1.165) is 44.6 Å². The SMILES string of the molecule is [2H]C([2H])([2H])C(c1cc2c(c(C(C([2H])([2H])[2H])(C([2H])([2H])[2H])C([2H])([2H])[2H])c1)-[n+]1[c-]n(-c3cccc(Oc4ccc5c6cc(-c7ccccc7)ccc6n(-c6cc(C(C)(C)C)ccn6)c5c4)c3)c3cccc(c31)-c1ccccc1-c1ccccc1-2)(C([2H])([2H])[2H])C([2H])([2H])[2H]. The zero-order chi connectivity index (χ0) is 64.0. The lowest BCUT2D eigenvalue weighted by molar-refractivity contribution is -0.572. The smallest absolute Gasteiger partial charge is 0.269 e. The fourth-order valence-electron chi connectivity index (χ4n) is 10.2. The molecule has 1 aliphatic heterocycles. The van der Waals surface area contributed by atoms with Crippen LogP contribution in [0.4, 0.5) is 0 Å². The summed E-state index contributed by atoms with van der Waals surface area (Å²) in [4.78, 5) is 4.90. The Hall–Kier alpha value is -8.02. The molecule has 0 unspecified atom stereocenters. The number of benzene rings is 8. The van der Waals surface area contributed by atoms with Crippen molar-refractivity contribution in [3.8, 4) is 73.2 Å². The third-order valence-corrected chi connectivity index (χ3v) is 13.6. The van der Waals surface area contributed by atoms with Gasteiger partial charge in [0.2, 0.25) is 0 Å². The van der Waals surface area contributed by atoms with Crippen LogP contribution in [0.3, 0.4) is 0 Å². The number of hydrogen-bond acceptors (Lipinski definition) is 2. The summed E-state index contributed by atoms with van der Waals surface area (Å²) in [5.41, 5.74) is -3.02. The average molecular weight is 941 g/mol. The Bertz CT molecular complexity index is 4540. The van der Waals surface area contributed by atoms with Crippen LogP contribution in [-0.2, 0) is 16.2 Å². The van der Waals surface area contributed by atoms with E-state index >= 15 is 0 Å². The van der Waals surface area contributed by atoms with E-state index in [1.807, 2.05) is 54.7 Å². The largest absolute Gasteiger partial charge is 0.458 e. The molecule has 0 amide bonds. The van der Waals surface area contributed by atoms with E-state index in [9.17, 15) is 12.3 Å². The molecule has 8 aromatic carbocycles. The van der Waals surface area contributed by atoms with E-state index in [4.69, 9.17) is 22.1 Å². The Balaban J connectivity index is 1.14. The maximum absolute atomic E-state index is 9.17. The van der Waals surface area contributed by atoms with Gasteiger partial charge < -0.3 is 4.74 Å². The second kappa shape index (κ2) is 16.3. The minimum atomic E-state index is -4.05. The van der Waals surface area contributed by atoms with Crippen molar-refractivity contribution < 1.29 is 34.0 Å². The van der Waals surface area contributed by atoms with Crippen LogP contribution in [0, 0.1) is 6.33 Å². The van der Waals surface area contributed by atoms with Crippen molar-refractivity contribution in [2.45, 2.75) is 78.1 Å². The lowest BCUT2D eigenvalue weighted by Crippen LogP contribution is -2.35. The second-order valence-electron chi connectivity index (χ2n) is 19.3. The first kappa shape index (κ1) is 28.6. The lowest BCUT2D eigenvalue weighted by Gasteiger charge is -2.30. The van der Waals surface area contributed by atoms with Crippen LogP contribution < -0.4 is 9.30 Å². The Labute approximate surface area is 442 Å². The molecule has 0 saturated heterocycles. The molecule has 0 spiro atoms. The van der Waals surface area contributed by atoms with Crippen LogP contribution in [0.15, 0.2) is 188 Å². The van der Waals surface area contributed by atoms with Crippen LogP contribution in [0.2, 0.25) is 0 Å². The molecule has 1 aliphatic rings. The summed E-state index contributed by atoms with van der Waals surface area (Å²) < 4.78 is 174. The Morgan fingerprint density at radius 2 is 1.17 bits per heavy atom. The van der Waals surface area contributed by atoms with Crippen molar-refractivity contribution in [1.29, 1.82) is 0 Å². The predicted molar refractivity (Wildman–Crippen MR) is 294 cm³/mol. The highest BCUT2D eigenvalue weighted by Crippen LogP contribution is 2.47. The molecular formula is C66H58N4O. The molecule has 12 rings (SSSR count). The number of imidazole rings is 1. The van der Waals surface area contributed by atoms with Gasteiger partial charge >= 0.3 is 0 Å². The highest BCUT2D eigenvalue weighted by molar-refractivity contribution is 6.11. The fraction of sp³-hybridized carbons (Fsp3) is 0.182. The number of rotatable bonds is 5. The number of pyridine rings is 1. The van der Waals surface area contributed by atoms with Gasteiger partial charge in [-0.15, -0.1) is 0 Å². The Morgan fingerprint density at radius 1 is 0.493 bits per heavy atom. The Kier molecular flexibility index (Phi) is 6.56. The number of aromatic nitrogens is 4. The second-order valence-corrected chi connectivity index (χ2v) is 19.3. The zero-order valence-electron chi connectivity index (χ0n) is 57.1. The molecule has 71 heavy (non-hydrogen) atoms. The number of fused-ring (bicyclic) bond motifs is 10. The van der Waals surface area contributed by atoms with Crippen LogP contribution in [-0.4, -0.2) is 14.1 Å². The monoisotopic (exact) mass is 941 g/mol. The van der Waals surface area contributed by atoms with Crippen molar-refractivity contribution in [2.75, 3.05) is 0 Å². The standard InChI is InChI=1S/C66H58N4O/c1-64(2,3)44-33-34-67-61(38-44)70-58-32-29-43(42-19-11-10-12-20-42)35-55(58)53-31-30-48(40-60(53)70)71-47-22-17-21-46(39-47)68-41-69-62-56(36-45(65(4,5)6)37-57(62)66(7,8)9)52-26-16-14-24-50(52)49-23-13-15-25-51(49)54-27-18-28-59(68)63(54)69/h10-40H,1-9H3/i4D3,5D3,6D3,7D3,8D3,9D3. The van der Waals surface area contributed by atoms with E-state index < -0.39 is 68.8 Å². The quantitative estimate of drug-likeness (QED) is 0.127. The maximum atomic E-state index is 9.17. The first-order chi connectivity index (χ1) is 41.6. The summed E-state index contributed by atoms with van der Waals surface area (Å²) in [5.74, 6) is 1.50. The zero-order valence-corrected chi connectivity index (χ0v) is 39.1. The van der Waals surface area contributed by atoms with Gasteiger partial charge in [-0.1, -0.05) is 183 Å². The van der Waals surface area contributed by atoms with E-state index in [2.05, 4.69) is 68.1 Å². The molecule has 5 heteroatoms. The summed E-state index contributed by atoms with van der Waals surface area (Å²) in [5, 5.41) is 1.94. The van der Waals surface area contributed by atoms with Crippen molar-refractivity contribution in [2.24, 2.45) is 0 Å². The molecule has 11 aromatic rings. The van der Waals surface area contributed by atoms with Crippen molar-refractivity contribution in [3.63, 3.8) is 0 Å². The summed E-state index contributed by atoms with van der Waals surface area (Å²) in [7, 11) is 0. The van der Waals surface area contributed by atoms with Crippen LogP contribution in [0.25, 0.3) is 94.5 Å². The van der Waals surface area contributed by atoms with Crippen LogP contribution in [0.5, 0.6) is 11.5 Å². The van der Waals surface area contributed by atoms with Gasteiger partial charge in [0, 0.05) is 47.7 Å². The molecule has 0 atom stereocenters. The first-order valence-electron chi connectivity index (χ1n) is 32.4. The minimum Gasteiger partial charge on any atom is -0.458 e. The number of ether oxygens (including phenoxy) is 1. The van der Waals surface area contributed by atoms with E-state index in [1.165, 1.54) is 4.57 Å². The van der Waals surface area contributed by atoms with Gasteiger partial charge in [-0.3, -0.25) is 13.7 Å². The molecule has 3 aromatic heterocycles. The Morgan fingerprint density at radius 3 is 1.90 bits per heavy atom. The molecule has 0 saturated carbocycles. The number of nitrogens with zero attached hydrogens (tertiary/aromatic N) is 4. The highest BCUT2D eigenvalue weighted by atomic mass is 16.5. The lowest BCUT2D eigenvalue weighted by atomic mass is 9.77. The van der Waals surface area contributed by atoms with Gasteiger partial charge in [0.25, 0.3) is 6.33 Å². The molecule has 0 aliphatic carbocycles. The van der Waals surface area contributed by atoms with Gasteiger partial charge in [0.05, 0.1) is 33.4 Å². The van der Waals surface area contributed by atoms with E-state index in [1.54, 1.807) is 89.5 Å². The highest BCUT2D eigenvalue weighted by Gasteiger charge is 2.31. The molecule has 0 radical (unpaired) electrons. The summed E-state index contributed by atoms with van der Waals surface area (Å²) >= 11 is 0. The van der Waals surface area contributed by atoms with Crippen molar-refractivity contribution >= 4 is 32.8 Å². The van der Waals surface area contributed by atoms with Gasteiger partial charge in [0.1, 0.15) is 17.3 Å². The third-order valence-electron chi connectivity index (χ3n) is 13.6. The van der Waals surface area contributed by atoms with Gasteiger partial charge in [-0.05, 0) is 132 Å². The molecule has 4 heterocycles. The molecule has 348 valence electrons. The summed E-state index contributed by atoms with van der Waals surface area (Å²) in [6, 6.07) is 53.9. The van der Waals surface area contributed by atoms with Crippen LogP contribution in [0.1, 0.15) is 103 Å². The normalized spacial score (nSPS) is 17.4. The topological polar surface area (TPSA) is 35.9 Å². The summed E-state index contributed by atoms with van der Waals surface area (Å²) in [6.07, 6.45) is 5.16. The molecule has 5 nitrogen and oxygen atoms in total. The maximum Gasteiger partial charge on any atom is 0.269 e. The third kappa shape index (κ3) is 7.54. The molecular weight excluding hydrogens is 865 g/mol. The molecule has 0 bridgehead atoms. The fourth-order valence-corrected chi connectivity index (χ4v) is 10.2. The van der Waals surface area contributed by atoms with Crippen molar-refractivity contribution in [1.82, 2.24) is 14.1 Å². The average Bonchev–Trinajstić information content (AvgIpc) is 1.06. The predicted octanol–water partition coefficient (Wildman–Crippen LogP) is 16.9. The van der Waals surface area contributed by atoms with Crippen LogP contribution >= 0.6 is 0 Å². The summed E-state index contributed by atoms with van der Waals surface area (Å²) in [6.45, 7) is -17.6. The van der Waals surface area contributed by atoms with Gasteiger partial charge in [-0.25, -0.2) is 4.98 Å².